The van der Waals surface area contributed by atoms with Crippen LogP contribution in [0.1, 0.15) is 44.9 Å². The first-order chi connectivity index (χ1) is 7.42. The largest absolute Gasteiger partial charge is 0.395 e. The Labute approximate surface area is 93.0 Å². The van der Waals surface area contributed by atoms with Gasteiger partial charge < -0.3 is 5.11 Å². The Morgan fingerprint density at radius 1 is 1.13 bits per heavy atom. The van der Waals surface area contributed by atoms with Gasteiger partial charge >= 0.3 is 0 Å². The molecule has 2 heteroatoms. The Hall–Kier alpha value is -0.340. The van der Waals surface area contributed by atoms with Gasteiger partial charge in [0, 0.05) is 18.6 Å². The van der Waals surface area contributed by atoms with Crippen LogP contribution in [-0.4, -0.2) is 35.2 Å². The molecule has 0 unspecified atom stereocenters. The van der Waals surface area contributed by atoms with Crippen LogP contribution in [0.3, 0.4) is 0 Å². The van der Waals surface area contributed by atoms with Crippen molar-refractivity contribution < 1.29 is 5.11 Å². The fraction of sp³-hybridized carbons (Fsp3) is 0.846. The van der Waals surface area contributed by atoms with Crippen LogP contribution in [-0.2, 0) is 0 Å². The maximum atomic E-state index is 9.16. The Morgan fingerprint density at radius 2 is 1.93 bits per heavy atom. The molecule has 0 radical (unpaired) electrons. The van der Waals surface area contributed by atoms with E-state index in [-0.39, 0.29) is 0 Å². The van der Waals surface area contributed by atoms with Crippen molar-refractivity contribution in [1.29, 1.82) is 0 Å². The molecule has 1 atom stereocenters. The molecule has 1 fully saturated rings. The fourth-order valence-electron chi connectivity index (χ4n) is 3.04. The lowest BCUT2D eigenvalue weighted by Gasteiger charge is -2.37. The first kappa shape index (κ1) is 11.2. The van der Waals surface area contributed by atoms with Gasteiger partial charge in [-0.25, -0.2) is 0 Å². The molecule has 2 aliphatic carbocycles. The average Bonchev–Trinajstić information content (AvgIpc) is 2.80. The summed E-state index contributed by atoms with van der Waals surface area (Å²) in [6.07, 6.45) is 13.9. The van der Waals surface area contributed by atoms with Crippen LogP contribution in [0.2, 0.25) is 0 Å². The highest BCUT2D eigenvalue weighted by molar-refractivity contribution is 5.03. The molecule has 2 rings (SSSR count). The number of nitrogens with zero attached hydrogens (tertiary/aromatic N) is 1. The number of hydrogen-bond acceptors (Lipinski definition) is 2. The number of aliphatic hydroxyl groups is 1. The summed E-state index contributed by atoms with van der Waals surface area (Å²) in [6, 6.07) is 1.35. The topological polar surface area (TPSA) is 23.5 Å². The van der Waals surface area contributed by atoms with Gasteiger partial charge in [-0.2, -0.15) is 0 Å². The number of allylic oxidation sites excluding steroid dienone is 1. The molecule has 0 aromatic heterocycles. The van der Waals surface area contributed by atoms with Crippen molar-refractivity contribution in [1.82, 2.24) is 4.90 Å². The van der Waals surface area contributed by atoms with Crippen molar-refractivity contribution in [3.8, 4) is 0 Å². The standard InChI is InChI=1S/C13H23NO/c15-11-10-14(13-8-4-5-9-13)12-6-2-1-3-7-12/h4,8,12-13,15H,1-3,5-7,9-11H2/t13-/m1/s1. The van der Waals surface area contributed by atoms with Gasteiger partial charge in [0.25, 0.3) is 0 Å². The van der Waals surface area contributed by atoms with Crippen molar-refractivity contribution >= 4 is 0 Å². The summed E-state index contributed by atoms with van der Waals surface area (Å²) in [5.41, 5.74) is 0. The highest BCUT2D eigenvalue weighted by Crippen LogP contribution is 2.27. The molecule has 0 saturated heterocycles. The molecular weight excluding hydrogens is 186 g/mol. The summed E-state index contributed by atoms with van der Waals surface area (Å²) in [6.45, 7) is 1.17. The van der Waals surface area contributed by atoms with E-state index in [1.165, 1.54) is 44.9 Å². The van der Waals surface area contributed by atoms with E-state index in [0.717, 1.165) is 12.6 Å². The zero-order valence-corrected chi connectivity index (χ0v) is 9.57. The van der Waals surface area contributed by atoms with Crippen LogP contribution < -0.4 is 0 Å². The normalized spacial score (nSPS) is 27.7. The molecule has 0 bridgehead atoms. The predicted octanol–water partition coefficient (Wildman–Crippen LogP) is 2.33. The molecule has 0 spiro atoms. The molecule has 0 aromatic carbocycles. The van der Waals surface area contributed by atoms with Crippen molar-refractivity contribution in [3.05, 3.63) is 12.2 Å². The zero-order valence-electron chi connectivity index (χ0n) is 9.57. The van der Waals surface area contributed by atoms with Crippen molar-refractivity contribution in [2.24, 2.45) is 0 Å². The molecule has 2 aliphatic rings. The smallest absolute Gasteiger partial charge is 0.0558 e. The van der Waals surface area contributed by atoms with Gasteiger partial charge in [-0.3, -0.25) is 4.90 Å². The third-order valence-electron chi connectivity index (χ3n) is 3.82. The summed E-state index contributed by atoms with van der Waals surface area (Å²) in [5, 5.41) is 9.16. The van der Waals surface area contributed by atoms with E-state index >= 15 is 0 Å². The Kier molecular flexibility index (Phi) is 4.21. The van der Waals surface area contributed by atoms with E-state index in [2.05, 4.69) is 17.1 Å². The Morgan fingerprint density at radius 3 is 2.53 bits per heavy atom. The Bertz CT molecular complexity index is 209. The summed E-state index contributed by atoms with van der Waals surface area (Å²) < 4.78 is 0. The van der Waals surface area contributed by atoms with Crippen LogP contribution in [0.15, 0.2) is 12.2 Å². The van der Waals surface area contributed by atoms with Crippen LogP contribution in [0.25, 0.3) is 0 Å². The second-order valence-electron chi connectivity index (χ2n) is 4.83. The third kappa shape index (κ3) is 2.82. The van der Waals surface area contributed by atoms with E-state index < -0.39 is 0 Å². The maximum absolute atomic E-state index is 9.16. The lowest BCUT2D eigenvalue weighted by Crippen LogP contribution is -2.44. The Balaban J connectivity index is 1.94. The van der Waals surface area contributed by atoms with Gasteiger partial charge in [0.05, 0.1) is 6.61 Å². The monoisotopic (exact) mass is 209 g/mol. The molecule has 1 N–H and O–H groups in total. The van der Waals surface area contributed by atoms with Gasteiger partial charge in [0.1, 0.15) is 0 Å². The van der Waals surface area contributed by atoms with E-state index in [1.807, 2.05) is 0 Å². The first-order valence-corrected chi connectivity index (χ1v) is 6.45. The van der Waals surface area contributed by atoms with Crippen LogP contribution in [0.5, 0.6) is 0 Å². The molecule has 1 saturated carbocycles. The summed E-state index contributed by atoms with van der Waals surface area (Å²) in [5.74, 6) is 0. The van der Waals surface area contributed by atoms with Gasteiger partial charge in [-0.1, -0.05) is 31.4 Å². The second kappa shape index (κ2) is 5.66. The summed E-state index contributed by atoms with van der Waals surface area (Å²) in [7, 11) is 0. The maximum Gasteiger partial charge on any atom is 0.0558 e. The lowest BCUT2D eigenvalue weighted by molar-refractivity contribution is 0.0982. The molecule has 0 aliphatic heterocycles. The highest BCUT2D eigenvalue weighted by atomic mass is 16.3. The molecule has 0 amide bonds. The van der Waals surface area contributed by atoms with Crippen LogP contribution >= 0.6 is 0 Å². The fourth-order valence-corrected chi connectivity index (χ4v) is 3.04. The van der Waals surface area contributed by atoms with Crippen molar-refractivity contribution in [3.63, 3.8) is 0 Å². The SMILES string of the molecule is OCCN(C1CCCCC1)[C@@H]1C=CCC1. The summed E-state index contributed by atoms with van der Waals surface area (Å²) in [4.78, 5) is 2.54. The lowest BCUT2D eigenvalue weighted by atomic mass is 9.93. The molecule has 0 aromatic rings. The number of hydrogen-bond donors (Lipinski definition) is 1. The molecule has 2 nitrogen and oxygen atoms in total. The van der Waals surface area contributed by atoms with Crippen molar-refractivity contribution in [2.45, 2.75) is 57.0 Å². The highest BCUT2D eigenvalue weighted by Gasteiger charge is 2.26. The molecular formula is C13H23NO. The minimum atomic E-state index is 0.306. The first-order valence-electron chi connectivity index (χ1n) is 6.45. The summed E-state index contributed by atoms with van der Waals surface area (Å²) >= 11 is 0. The van der Waals surface area contributed by atoms with E-state index in [1.54, 1.807) is 0 Å². The minimum absolute atomic E-state index is 0.306. The molecule has 15 heavy (non-hydrogen) atoms. The van der Waals surface area contributed by atoms with Gasteiger partial charge in [0.2, 0.25) is 0 Å². The van der Waals surface area contributed by atoms with Gasteiger partial charge in [-0.15, -0.1) is 0 Å². The van der Waals surface area contributed by atoms with Crippen molar-refractivity contribution in [2.75, 3.05) is 13.2 Å². The third-order valence-corrected chi connectivity index (χ3v) is 3.82. The number of aliphatic hydroxyl groups excluding tert-OH is 1. The second-order valence-corrected chi connectivity index (χ2v) is 4.83. The zero-order chi connectivity index (χ0) is 10.5. The quantitative estimate of drug-likeness (QED) is 0.718. The predicted molar refractivity (Wildman–Crippen MR) is 62.8 cm³/mol. The van der Waals surface area contributed by atoms with E-state index in [0.29, 0.717) is 12.6 Å². The number of rotatable bonds is 4. The van der Waals surface area contributed by atoms with Crippen LogP contribution in [0.4, 0.5) is 0 Å². The van der Waals surface area contributed by atoms with Crippen LogP contribution in [0, 0.1) is 0 Å². The van der Waals surface area contributed by atoms with E-state index in [9.17, 15) is 0 Å². The minimum Gasteiger partial charge on any atom is -0.395 e. The van der Waals surface area contributed by atoms with Gasteiger partial charge in [-0.05, 0) is 25.7 Å². The van der Waals surface area contributed by atoms with E-state index in [4.69, 9.17) is 5.11 Å². The average molecular weight is 209 g/mol. The van der Waals surface area contributed by atoms with Gasteiger partial charge in [0.15, 0.2) is 0 Å². The molecule has 0 heterocycles. The molecule has 86 valence electrons.